The Labute approximate surface area is 201 Å². The summed E-state index contributed by atoms with van der Waals surface area (Å²) in [6.07, 6.45) is 7.32. The van der Waals surface area contributed by atoms with E-state index in [2.05, 4.69) is 32.2 Å². The summed E-state index contributed by atoms with van der Waals surface area (Å²) in [5.74, 6) is -2.27. The third-order valence-corrected chi connectivity index (χ3v) is 22.0. The van der Waals surface area contributed by atoms with Crippen molar-refractivity contribution in [3.8, 4) is 0 Å². The van der Waals surface area contributed by atoms with E-state index in [9.17, 15) is 19.2 Å². The topological polar surface area (TPSA) is 92.8 Å². The van der Waals surface area contributed by atoms with Gasteiger partial charge in [0, 0.05) is 0 Å². The fourth-order valence-corrected chi connectivity index (χ4v) is 20.4. The molecule has 182 valence electrons. The molecule has 0 aromatic heterocycles. The molecule has 8 heteroatoms. The van der Waals surface area contributed by atoms with E-state index in [1.54, 1.807) is 6.07 Å². The molecular formula is C25H38N2O5Sn. The van der Waals surface area contributed by atoms with Crippen molar-refractivity contribution in [2.24, 2.45) is 0 Å². The first kappa shape index (κ1) is 27.3. The van der Waals surface area contributed by atoms with Gasteiger partial charge >= 0.3 is 202 Å². The Hall–Kier alpha value is -1.90. The van der Waals surface area contributed by atoms with Crippen LogP contribution < -0.4 is 8.90 Å². The Morgan fingerprint density at radius 1 is 0.939 bits per heavy atom. The fourth-order valence-electron chi connectivity index (χ4n) is 4.39. The molecule has 0 aliphatic carbocycles. The predicted molar refractivity (Wildman–Crippen MR) is 130 cm³/mol. The van der Waals surface area contributed by atoms with Crippen LogP contribution in [0.1, 0.15) is 82.5 Å². The zero-order chi connectivity index (χ0) is 24.3. The van der Waals surface area contributed by atoms with Gasteiger partial charge in [-0.15, -0.1) is 0 Å². The summed E-state index contributed by atoms with van der Waals surface area (Å²) in [6.45, 7) is 6.31. The second-order valence-electron chi connectivity index (χ2n) is 8.90. The second kappa shape index (κ2) is 13.7. The van der Waals surface area contributed by atoms with Gasteiger partial charge in [0.05, 0.1) is 0 Å². The van der Waals surface area contributed by atoms with E-state index in [4.69, 9.17) is 4.84 Å². The van der Waals surface area contributed by atoms with Crippen LogP contribution in [0.15, 0.2) is 24.3 Å². The number of rotatable bonds is 14. The first-order chi connectivity index (χ1) is 15.9. The molecule has 1 aromatic carbocycles. The average Bonchev–Trinajstić information content (AvgIpc) is 3.14. The molecule has 1 aliphatic rings. The van der Waals surface area contributed by atoms with E-state index < -0.39 is 42.7 Å². The maximum atomic E-state index is 12.8. The molecule has 1 saturated heterocycles. The summed E-state index contributed by atoms with van der Waals surface area (Å²) in [4.78, 5) is 52.8. The Balaban J connectivity index is 2.11. The van der Waals surface area contributed by atoms with Gasteiger partial charge in [0.15, 0.2) is 0 Å². The third kappa shape index (κ3) is 7.83. The molecule has 1 fully saturated rings. The van der Waals surface area contributed by atoms with Gasteiger partial charge in [0.25, 0.3) is 0 Å². The van der Waals surface area contributed by atoms with Crippen molar-refractivity contribution in [2.75, 3.05) is 6.54 Å². The molecule has 0 unspecified atom stereocenters. The van der Waals surface area contributed by atoms with Crippen molar-refractivity contribution in [1.82, 2.24) is 10.4 Å². The quantitative estimate of drug-likeness (QED) is 0.271. The van der Waals surface area contributed by atoms with Crippen LogP contribution in [-0.2, 0) is 19.2 Å². The molecule has 0 atom stereocenters. The molecule has 1 N–H and O–H groups in total. The van der Waals surface area contributed by atoms with Gasteiger partial charge in [0.2, 0.25) is 0 Å². The standard InChI is InChI=1S/C13H11N2O5.3C4H9.Sn/c16-10-6-7-11(17)15(10)20-12(18)8-14-13(19)9-4-2-1-3-5-9;3*1-3-4-2;/h1-2,4-5H,6-8H2,(H,14,19);3*1,3-4H2,2H3;. The molecule has 3 amide bonds. The van der Waals surface area contributed by atoms with Crippen LogP contribution in [0.4, 0.5) is 0 Å². The number of carbonyl (C=O) groups excluding carboxylic acids is 4. The van der Waals surface area contributed by atoms with Crippen LogP contribution in [0.3, 0.4) is 0 Å². The molecular weight excluding hydrogens is 527 g/mol. The summed E-state index contributed by atoms with van der Waals surface area (Å²) in [5.41, 5.74) is 0.541. The fraction of sp³-hybridized carbons (Fsp3) is 0.600. The van der Waals surface area contributed by atoms with Gasteiger partial charge in [-0.25, -0.2) is 0 Å². The number of amides is 3. The summed E-state index contributed by atoms with van der Waals surface area (Å²) in [5, 5.41) is 3.06. The van der Waals surface area contributed by atoms with Crippen molar-refractivity contribution < 1.29 is 24.0 Å². The van der Waals surface area contributed by atoms with Gasteiger partial charge in [-0.1, -0.05) is 0 Å². The Morgan fingerprint density at radius 3 is 2.00 bits per heavy atom. The zero-order valence-electron chi connectivity index (χ0n) is 20.3. The number of imide groups is 1. The molecule has 0 saturated carbocycles. The van der Waals surface area contributed by atoms with Gasteiger partial charge in [-0.05, 0) is 0 Å². The molecule has 0 radical (unpaired) electrons. The molecule has 2 rings (SSSR count). The Morgan fingerprint density at radius 2 is 1.48 bits per heavy atom. The Bertz CT molecular complexity index is 804. The van der Waals surface area contributed by atoms with Gasteiger partial charge in [0.1, 0.15) is 0 Å². The van der Waals surface area contributed by atoms with Crippen LogP contribution in [0.25, 0.3) is 0 Å². The van der Waals surface area contributed by atoms with Crippen molar-refractivity contribution in [2.45, 2.75) is 85.4 Å². The summed E-state index contributed by atoms with van der Waals surface area (Å²) in [6, 6.07) is 7.99. The van der Waals surface area contributed by atoms with E-state index in [1.807, 2.05) is 12.1 Å². The summed E-state index contributed by atoms with van der Waals surface area (Å²) in [7, 11) is 0. The second-order valence-corrected chi connectivity index (χ2v) is 22.1. The SMILES string of the molecule is CCC[CH2][Sn]([CH2]CCC)([CH2]CCC)[c]1cccc(C(=O)NCC(=O)ON2C(=O)CCC2=O)c1. The normalized spacial score (nSPS) is 14.0. The van der Waals surface area contributed by atoms with Crippen LogP contribution in [0.2, 0.25) is 13.3 Å². The summed E-state index contributed by atoms with van der Waals surface area (Å²) >= 11 is -2.67. The minimum atomic E-state index is -2.67. The van der Waals surface area contributed by atoms with Crippen LogP contribution >= 0.6 is 0 Å². The first-order valence-electron chi connectivity index (χ1n) is 12.3. The predicted octanol–water partition coefficient (Wildman–Crippen LogP) is 4.08. The molecule has 0 bridgehead atoms. The van der Waals surface area contributed by atoms with Crippen LogP contribution in [0.5, 0.6) is 0 Å². The van der Waals surface area contributed by atoms with E-state index in [0.717, 1.165) is 0 Å². The molecule has 7 nitrogen and oxygen atoms in total. The van der Waals surface area contributed by atoms with Crippen molar-refractivity contribution in [3.05, 3.63) is 29.8 Å². The van der Waals surface area contributed by atoms with E-state index >= 15 is 0 Å². The van der Waals surface area contributed by atoms with Gasteiger partial charge in [-0.2, -0.15) is 0 Å². The van der Waals surface area contributed by atoms with Crippen molar-refractivity contribution in [1.29, 1.82) is 0 Å². The van der Waals surface area contributed by atoms with Crippen LogP contribution in [0, 0.1) is 0 Å². The average molecular weight is 565 g/mol. The molecule has 33 heavy (non-hydrogen) atoms. The minimum absolute atomic E-state index is 0.0347. The molecule has 1 heterocycles. The summed E-state index contributed by atoms with van der Waals surface area (Å²) < 4.78 is 5.31. The van der Waals surface area contributed by atoms with Crippen molar-refractivity contribution >= 4 is 45.6 Å². The third-order valence-electron chi connectivity index (χ3n) is 6.36. The van der Waals surface area contributed by atoms with Gasteiger partial charge < -0.3 is 0 Å². The molecule has 1 aromatic rings. The number of hydrogen-bond donors (Lipinski definition) is 1. The number of hydrogen-bond acceptors (Lipinski definition) is 5. The van der Waals surface area contributed by atoms with Crippen LogP contribution in [-0.4, -0.2) is 53.7 Å². The first-order valence-corrected chi connectivity index (χ1v) is 19.8. The van der Waals surface area contributed by atoms with Gasteiger partial charge in [-0.3, -0.25) is 0 Å². The number of benzene rings is 1. The Kier molecular flexibility index (Phi) is 11.4. The van der Waals surface area contributed by atoms with E-state index in [-0.39, 0.29) is 18.7 Å². The number of nitrogens with one attached hydrogen (secondary N) is 1. The monoisotopic (exact) mass is 566 g/mol. The number of nitrogens with zero attached hydrogens (tertiary/aromatic N) is 1. The number of unbranched alkanes of at least 4 members (excludes halogenated alkanes) is 3. The molecule has 0 spiro atoms. The number of hydroxylamine groups is 2. The maximum absolute atomic E-state index is 12.8. The zero-order valence-corrected chi connectivity index (χ0v) is 23.1. The molecule has 1 aliphatic heterocycles. The van der Waals surface area contributed by atoms with Crippen molar-refractivity contribution in [3.63, 3.8) is 0 Å². The number of carbonyl (C=O) groups is 4. The van der Waals surface area contributed by atoms with E-state index in [1.165, 1.54) is 55.4 Å². The van der Waals surface area contributed by atoms with E-state index in [0.29, 0.717) is 10.6 Å².